The van der Waals surface area contributed by atoms with Gasteiger partial charge in [0.2, 0.25) is 34.8 Å². The minimum absolute atomic E-state index is 0.0686. The zero-order chi connectivity index (χ0) is 35.1. The van der Waals surface area contributed by atoms with Crippen molar-refractivity contribution in [3.8, 4) is 5.75 Å². The highest BCUT2D eigenvalue weighted by atomic mass is 32.1. The summed E-state index contributed by atoms with van der Waals surface area (Å²) >= 11 is 4.20. The summed E-state index contributed by atoms with van der Waals surface area (Å²) in [6, 6.07) is 6.81. The highest BCUT2D eigenvalue weighted by molar-refractivity contribution is 7.80. The van der Waals surface area contributed by atoms with Crippen LogP contribution >= 0.6 is 12.6 Å². The monoisotopic (exact) mass is 707 g/mol. The first-order chi connectivity index (χ1) is 23.1. The van der Waals surface area contributed by atoms with Gasteiger partial charge in [0.1, 0.15) is 0 Å². The van der Waals surface area contributed by atoms with E-state index in [4.69, 9.17) is 24.8 Å². The molecule has 0 fully saturated rings. The van der Waals surface area contributed by atoms with Gasteiger partial charge in [0.05, 0.1) is 71.5 Å². The number of unbranched alkanes of at least 4 members (excludes halogenated alkanes) is 1. The zero-order valence-electron chi connectivity index (χ0n) is 26.0. The second-order valence-electron chi connectivity index (χ2n) is 9.61. The molecule has 0 aliphatic rings. The molecule has 4 N–H and O–H groups in total. The van der Waals surface area contributed by atoms with Crippen LogP contribution in [0.15, 0.2) is 39.3 Å². The van der Waals surface area contributed by atoms with Crippen molar-refractivity contribution < 1.29 is 55.2 Å². The van der Waals surface area contributed by atoms with Crippen molar-refractivity contribution in [1.29, 1.82) is 0 Å². The molecule has 2 rings (SSSR count). The maximum absolute atomic E-state index is 13.5. The topological polar surface area (TPSA) is 155 Å². The van der Waals surface area contributed by atoms with Crippen LogP contribution in [0.5, 0.6) is 5.75 Å². The summed E-state index contributed by atoms with van der Waals surface area (Å²) in [5.41, 5.74) is 1.31. The largest absolute Gasteiger partial charge is 0.420 e. The number of carbonyl (C=O) groups is 2. The van der Waals surface area contributed by atoms with Crippen LogP contribution in [0, 0.1) is 29.1 Å². The van der Waals surface area contributed by atoms with E-state index in [0.717, 1.165) is 17.7 Å². The molecule has 0 radical (unpaired) electrons. The second kappa shape index (κ2) is 23.5. The third kappa shape index (κ3) is 15.8. The van der Waals surface area contributed by atoms with Gasteiger partial charge >= 0.3 is 12.0 Å². The Bertz CT molecular complexity index is 1330. The minimum atomic E-state index is -2.35. The predicted octanol–water partition coefficient (Wildman–Crippen LogP) is 4.41. The highest BCUT2D eigenvalue weighted by Gasteiger charge is 2.28. The van der Waals surface area contributed by atoms with Gasteiger partial charge in [-0.3, -0.25) is 9.79 Å². The van der Waals surface area contributed by atoms with E-state index in [2.05, 4.69) is 38.1 Å². The molecule has 0 bridgehead atoms. The maximum atomic E-state index is 13.5. The number of hydrogen-bond acceptors (Lipinski definition) is 11. The molecule has 0 unspecified atom stereocenters. The van der Waals surface area contributed by atoms with E-state index in [9.17, 15) is 31.5 Å². The highest BCUT2D eigenvalue weighted by Crippen LogP contribution is 2.29. The number of anilines is 1. The first-order valence-electron chi connectivity index (χ1n) is 14.8. The molecule has 0 aromatic heterocycles. The Morgan fingerprint density at radius 3 is 1.88 bits per heavy atom. The van der Waals surface area contributed by atoms with Gasteiger partial charge in [-0.05, 0) is 43.5 Å². The zero-order valence-corrected chi connectivity index (χ0v) is 26.8. The number of urea groups is 1. The summed E-state index contributed by atoms with van der Waals surface area (Å²) < 4.78 is 91.9. The lowest BCUT2D eigenvalue weighted by Crippen LogP contribution is -2.29. The number of esters is 1. The van der Waals surface area contributed by atoms with E-state index in [1.165, 1.54) is 0 Å². The number of thiol groups is 1. The van der Waals surface area contributed by atoms with Gasteiger partial charge in [-0.1, -0.05) is 0 Å². The fraction of sp³-hybridized carbons (Fsp3) is 0.467. The van der Waals surface area contributed by atoms with Crippen molar-refractivity contribution in [1.82, 2.24) is 5.32 Å². The molecular formula is C30H38F5N5O7S. The van der Waals surface area contributed by atoms with E-state index in [1.54, 1.807) is 30.5 Å². The minimum Gasteiger partial charge on any atom is -0.420 e. The van der Waals surface area contributed by atoms with Crippen molar-refractivity contribution in [2.45, 2.75) is 30.6 Å². The fourth-order valence-corrected chi connectivity index (χ4v) is 3.71. The number of hydrazone groups is 1. The number of carbonyl (C=O) groups excluding carboxylic acids is 2. The Hall–Kier alpha value is -3.84. The van der Waals surface area contributed by atoms with Gasteiger partial charge in [0.25, 0.3) is 0 Å². The van der Waals surface area contributed by atoms with Crippen LogP contribution in [0.4, 0.5) is 32.4 Å². The summed E-state index contributed by atoms with van der Waals surface area (Å²) in [5.74, 6) is -8.75. The normalized spacial score (nSPS) is 11.7. The van der Waals surface area contributed by atoms with E-state index in [1.807, 2.05) is 0 Å². The molecule has 0 saturated heterocycles. The van der Waals surface area contributed by atoms with E-state index < -0.39 is 47.2 Å². The Morgan fingerprint density at radius 1 is 0.750 bits per heavy atom. The molecule has 0 heterocycles. The maximum Gasteiger partial charge on any atom is 0.319 e. The average molecular weight is 708 g/mol. The van der Waals surface area contributed by atoms with Crippen molar-refractivity contribution in [2.24, 2.45) is 15.9 Å². The molecule has 0 aliphatic carbocycles. The van der Waals surface area contributed by atoms with Gasteiger partial charge in [-0.15, -0.1) is 12.6 Å². The number of amides is 2. The first kappa shape index (κ1) is 40.3. The Labute approximate surface area is 279 Å². The Kier molecular flexibility index (Phi) is 19.7. The molecule has 0 saturated carbocycles. The molecule has 48 heavy (non-hydrogen) atoms. The van der Waals surface area contributed by atoms with Crippen molar-refractivity contribution >= 4 is 42.2 Å². The second-order valence-corrected chi connectivity index (χ2v) is 10.1. The molecule has 0 aliphatic heterocycles. The van der Waals surface area contributed by atoms with Crippen LogP contribution < -0.4 is 21.2 Å². The predicted molar refractivity (Wildman–Crippen MR) is 169 cm³/mol. The van der Waals surface area contributed by atoms with Gasteiger partial charge in [-0.25, -0.2) is 18.0 Å². The molecule has 0 spiro atoms. The molecule has 18 heteroatoms. The molecule has 266 valence electrons. The Morgan fingerprint density at radius 2 is 1.29 bits per heavy atom. The number of hydrogen-bond donors (Lipinski definition) is 4. The lowest BCUT2D eigenvalue weighted by atomic mass is 10.2. The molecule has 2 aromatic carbocycles. The van der Waals surface area contributed by atoms with Crippen LogP contribution in [-0.4, -0.2) is 89.9 Å². The van der Waals surface area contributed by atoms with Crippen LogP contribution in [0.2, 0.25) is 0 Å². The van der Waals surface area contributed by atoms with Crippen LogP contribution in [-0.2, 0) is 23.7 Å². The molecule has 2 amide bonds. The number of nitrogens with one attached hydrogen (secondary N) is 2. The van der Waals surface area contributed by atoms with E-state index in [0.29, 0.717) is 50.7 Å². The Balaban J connectivity index is 1.38. The SMILES string of the molecule is N/N=C(\C=NCCOCCOCCOCCOCCC(=O)Oc1c(F)c(F)c(F)c(F)c1F)CCCCNC(=O)Nc1ccc(S)cc1. The van der Waals surface area contributed by atoms with Crippen LogP contribution in [0.3, 0.4) is 0 Å². The molecular weight excluding hydrogens is 669 g/mol. The average Bonchev–Trinajstić information content (AvgIpc) is 3.08. The fourth-order valence-electron chi connectivity index (χ4n) is 3.56. The number of ether oxygens (including phenoxy) is 5. The van der Waals surface area contributed by atoms with Gasteiger partial charge in [0, 0.05) is 23.3 Å². The lowest BCUT2D eigenvalue weighted by Gasteiger charge is -2.09. The number of nitrogens with two attached hydrogens (primary N) is 1. The molecule has 2 aromatic rings. The number of aliphatic imine (C=N–C) groups is 1. The van der Waals surface area contributed by atoms with E-state index >= 15 is 0 Å². The number of nitrogens with zero attached hydrogens (tertiary/aromatic N) is 2. The van der Waals surface area contributed by atoms with Crippen LogP contribution in [0.1, 0.15) is 25.7 Å². The summed E-state index contributed by atoms with van der Waals surface area (Å²) in [5, 5.41) is 9.26. The molecule has 0 atom stereocenters. The summed E-state index contributed by atoms with van der Waals surface area (Å²) in [6.07, 6.45) is 3.21. The van der Waals surface area contributed by atoms with Crippen molar-refractivity contribution in [3.63, 3.8) is 0 Å². The number of rotatable bonds is 23. The number of benzene rings is 2. The standard InChI is InChI=1S/C30H38F5N5O7S/c31-24-25(32)27(34)29(28(35)26(24)33)47-23(41)8-11-43-13-15-45-17-18-46-16-14-44-12-10-37-19-21(40-36)3-1-2-9-38-30(42)39-20-4-6-22(48)7-5-20/h4-7,19,48H,1-3,8-18,36H2,(H2,38,39,42)/b37-19?,40-21-. The quantitative estimate of drug-likeness (QED) is 0.0127. The summed E-state index contributed by atoms with van der Waals surface area (Å²) in [4.78, 5) is 28.6. The van der Waals surface area contributed by atoms with Gasteiger partial charge in [-0.2, -0.15) is 13.9 Å². The summed E-state index contributed by atoms with van der Waals surface area (Å²) in [6.45, 7) is 2.49. The third-order valence-electron chi connectivity index (χ3n) is 5.99. The number of halogens is 5. The van der Waals surface area contributed by atoms with Crippen molar-refractivity contribution in [3.05, 3.63) is 53.4 Å². The molecule has 12 nitrogen and oxygen atoms in total. The lowest BCUT2D eigenvalue weighted by molar-refractivity contribution is -0.136. The van der Waals surface area contributed by atoms with Crippen molar-refractivity contribution in [2.75, 3.05) is 71.3 Å². The van der Waals surface area contributed by atoms with Crippen LogP contribution in [0.25, 0.3) is 0 Å². The third-order valence-corrected chi connectivity index (χ3v) is 6.29. The first-order valence-corrected chi connectivity index (χ1v) is 15.2. The smallest absolute Gasteiger partial charge is 0.319 e. The van der Waals surface area contributed by atoms with Gasteiger partial charge in [0.15, 0.2) is 0 Å². The summed E-state index contributed by atoms with van der Waals surface area (Å²) in [7, 11) is 0. The van der Waals surface area contributed by atoms with E-state index in [-0.39, 0.29) is 39.1 Å². The van der Waals surface area contributed by atoms with Gasteiger partial charge < -0.3 is 40.2 Å².